The molecular formula is C14H20ClFO. The van der Waals surface area contributed by atoms with E-state index in [1.807, 2.05) is 0 Å². The molecule has 0 radical (unpaired) electrons. The van der Waals surface area contributed by atoms with Crippen molar-refractivity contribution in [3.8, 4) is 5.75 Å². The topological polar surface area (TPSA) is 20.2 Å². The van der Waals surface area contributed by atoms with Crippen molar-refractivity contribution >= 4 is 11.6 Å². The molecule has 0 saturated heterocycles. The minimum Gasteiger partial charge on any atom is -0.506 e. The molecule has 0 aromatic heterocycles. The van der Waals surface area contributed by atoms with Crippen LogP contribution < -0.4 is 0 Å². The van der Waals surface area contributed by atoms with Crippen LogP contribution in [0, 0.1) is 11.7 Å². The molecule has 0 fully saturated rings. The zero-order valence-corrected chi connectivity index (χ0v) is 11.2. The van der Waals surface area contributed by atoms with Crippen molar-refractivity contribution in [3.05, 3.63) is 28.5 Å². The monoisotopic (exact) mass is 258 g/mol. The summed E-state index contributed by atoms with van der Waals surface area (Å²) in [5, 5.41) is 9.08. The SMILES string of the molecule is CCCCC(C)CCc1ccc(O)c(Cl)c1F. The molecule has 1 aromatic rings. The highest BCUT2D eigenvalue weighted by atomic mass is 35.5. The van der Waals surface area contributed by atoms with Gasteiger partial charge in [0.05, 0.1) is 0 Å². The van der Waals surface area contributed by atoms with Crippen LogP contribution in [-0.4, -0.2) is 5.11 Å². The smallest absolute Gasteiger partial charge is 0.148 e. The first-order chi connectivity index (χ1) is 8.06. The van der Waals surface area contributed by atoms with Crippen LogP contribution >= 0.6 is 11.6 Å². The normalized spacial score (nSPS) is 12.7. The lowest BCUT2D eigenvalue weighted by Gasteiger charge is -2.11. The number of hydrogen-bond acceptors (Lipinski definition) is 1. The molecule has 0 heterocycles. The predicted octanol–water partition coefficient (Wildman–Crippen LogP) is 4.94. The van der Waals surface area contributed by atoms with E-state index in [1.165, 1.54) is 25.3 Å². The predicted molar refractivity (Wildman–Crippen MR) is 70.1 cm³/mol. The summed E-state index contributed by atoms with van der Waals surface area (Å²) < 4.78 is 13.7. The molecule has 96 valence electrons. The van der Waals surface area contributed by atoms with Crippen molar-refractivity contribution in [3.63, 3.8) is 0 Å². The fourth-order valence-corrected chi connectivity index (χ4v) is 2.06. The molecule has 0 spiro atoms. The van der Waals surface area contributed by atoms with Crippen molar-refractivity contribution < 1.29 is 9.50 Å². The average molecular weight is 259 g/mol. The molecule has 1 aromatic carbocycles. The number of phenols is 1. The van der Waals surface area contributed by atoms with Crippen LogP contribution in [0.5, 0.6) is 5.75 Å². The fraction of sp³-hybridized carbons (Fsp3) is 0.571. The maximum absolute atomic E-state index is 13.7. The molecule has 1 unspecified atom stereocenters. The summed E-state index contributed by atoms with van der Waals surface area (Å²) in [7, 11) is 0. The summed E-state index contributed by atoms with van der Waals surface area (Å²) >= 11 is 5.66. The number of rotatable bonds is 6. The summed E-state index contributed by atoms with van der Waals surface area (Å²) in [5.74, 6) is -0.0664. The van der Waals surface area contributed by atoms with E-state index in [1.54, 1.807) is 6.07 Å². The zero-order chi connectivity index (χ0) is 12.8. The van der Waals surface area contributed by atoms with E-state index in [-0.39, 0.29) is 10.8 Å². The van der Waals surface area contributed by atoms with Crippen LogP contribution in [-0.2, 0) is 6.42 Å². The van der Waals surface area contributed by atoms with Crippen LogP contribution in [0.3, 0.4) is 0 Å². The maximum atomic E-state index is 13.7. The Morgan fingerprint density at radius 3 is 2.71 bits per heavy atom. The van der Waals surface area contributed by atoms with Gasteiger partial charge in [-0.15, -0.1) is 0 Å². The van der Waals surface area contributed by atoms with Crippen LogP contribution in [0.15, 0.2) is 12.1 Å². The van der Waals surface area contributed by atoms with Gasteiger partial charge in [-0.05, 0) is 30.4 Å². The lowest BCUT2D eigenvalue weighted by molar-refractivity contribution is 0.458. The number of benzene rings is 1. The lowest BCUT2D eigenvalue weighted by Crippen LogP contribution is -1.99. The van der Waals surface area contributed by atoms with Crippen molar-refractivity contribution in [2.24, 2.45) is 5.92 Å². The zero-order valence-electron chi connectivity index (χ0n) is 10.5. The van der Waals surface area contributed by atoms with Crippen molar-refractivity contribution in [2.75, 3.05) is 0 Å². The van der Waals surface area contributed by atoms with Gasteiger partial charge in [-0.3, -0.25) is 0 Å². The number of halogens is 2. The third-order valence-corrected chi connectivity index (χ3v) is 3.46. The number of aryl methyl sites for hydroxylation is 1. The van der Waals surface area contributed by atoms with Crippen LogP contribution in [0.25, 0.3) is 0 Å². The molecule has 0 bridgehead atoms. The van der Waals surface area contributed by atoms with Gasteiger partial charge in [-0.25, -0.2) is 4.39 Å². The van der Waals surface area contributed by atoms with E-state index in [2.05, 4.69) is 13.8 Å². The van der Waals surface area contributed by atoms with Gasteiger partial charge in [0.1, 0.15) is 16.6 Å². The first-order valence-corrected chi connectivity index (χ1v) is 6.59. The minimum absolute atomic E-state index is 0.163. The Bertz CT molecular complexity index is 365. The summed E-state index contributed by atoms with van der Waals surface area (Å²) in [6, 6.07) is 3.07. The molecule has 0 aliphatic rings. The minimum atomic E-state index is -0.477. The highest BCUT2D eigenvalue weighted by Gasteiger charge is 2.11. The molecule has 1 nitrogen and oxygen atoms in total. The highest BCUT2D eigenvalue weighted by molar-refractivity contribution is 6.32. The van der Waals surface area contributed by atoms with Gasteiger partial charge in [0.15, 0.2) is 0 Å². The summed E-state index contributed by atoms with van der Waals surface area (Å²) in [5.41, 5.74) is 0.594. The Morgan fingerprint density at radius 2 is 2.06 bits per heavy atom. The van der Waals surface area contributed by atoms with Crippen molar-refractivity contribution in [1.29, 1.82) is 0 Å². The Hall–Kier alpha value is -0.760. The Balaban J connectivity index is 2.55. The Kier molecular flexibility index (Phi) is 5.76. The van der Waals surface area contributed by atoms with Gasteiger partial charge in [-0.1, -0.05) is 50.8 Å². The second-order valence-electron chi connectivity index (χ2n) is 4.66. The maximum Gasteiger partial charge on any atom is 0.148 e. The van der Waals surface area contributed by atoms with E-state index >= 15 is 0 Å². The molecule has 17 heavy (non-hydrogen) atoms. The first-order valence-electron chi connectivity index (χ1n) is 6.22. The van der Waals surface area contributed by atoms with Gasteiger partial charge in [-0.2, -0.15) is 0 Å². The van der Waals surface area contributed by atoms with E-state index in [0.29, 0.717) is 17.9 Å². The summed E-state index contributed by atoms with van der Waals surface area (Å²) in [4.78, 5) is 0. The van der Waals surface area contributed by atoms with Crippen LogP contribution in [0.2, 0.25) is 5.02 Å². The van der Waals surface area contributed by atoms with Gasteiger partial charge in [0, 0.05) is 0 Å². The highest BCUT2D eigenvalue weighted by Crippen LogP contribution is 2.29. The van der Waals surface area contributed by atoms with E-state index in [0.717, 1.165) is 6.42 Å². The largest absolute Gasteiger partial charge is 0.506 e. The summed E-state index contributed by atoms with van der Waals surface area (Å²) in [6.07, 6.45) is 5.24. The average Bonchev–Trinajstić information content (AvgIpc) is 2.32. The molecule has 0 aliphatic heterocycles. The number of phenolic OH excluding ortho intramolecular Hbond substituents is 1. The second-order valence-corrected chi connectivity index (χ2v) is 5.04. The van der Waals surface area contributed by atoms with Crippen molar-refractivity contribution in [2.45, 2.75) is 46.0 Å². The lowest BCUT2D eigenvalue weighted by atomic mass is 9.96. The van der Waals surface area contributed by atoms with Gasteiger partial charge >= 0.3 is 0 Å². The van der Waals surface area contributed by atoms with Crippen LogP contribution in [0.1, 0.15) is 45.1 Å². The van der Waals surface area contributed by atoms with E-state index in [4.69, 9.17) is 11.6 Å². The molecule has 3 heteroatoms. The quantitative estimate of drug-likeness (QED) is 0.766. The number of aromatic hydroxyl groups is 1. The molecule has 0 amide bonds. The summed E-state index contributed by atoms with van der Waals surface area (Å²) in [6.45, 7) is 4.36. The molecule has 0 saturated carbocycles. The van der Waals surface area contributed by atoms with Gasteiger partial charge in [0.25, 0.3) is 0 Å². The third-order valence-electron chi connectivity index (χ3n) is 3.10. The first kappa shape index (κ1) is 14.3. The number of hydrogen-bond donors (Lipinski definition) is 1. The van der Waals surface area contributed by atoms with Gasteiger partial charge < -0.3 is 5.11 Å². The fourth-order valence-electron chi connectivity index (χ4n) is 1.87. The van der Waals surface area contributed by atoms with Crippen molar-refractivity contribution in [1.82, 2.24) is 0 Å². The molecular weight excluding hydrogens is 239 g/mol. The molecule has 0 aliphatic carbocycles. The third kappa shape index (κ3) is 4.19. The molecule has 1 N–H and O–H groups in total. The number of unbranched alkanes of at least 4 members (excludes halogenated alkanes) is 1. The van der Waals surface area contributed by atoms with E-state index in [9.17, 15) is 9.50 Å². The molecule has 1 rings (SSSR count). The van der Waals surface area contributed by atoms with Crippen LogP contribution in [0.4, 0.5) is 4.39 Å². The van der Waals surface area contributed by atoms with Gasteiger partial charge in [0.2, 0.25) is 0 Å². The standard InChI is InChI=1S/C14H20ClFO/c1-3-4-5-10(2)6-7-11-8-9-12(17)13(15)14(11)16/h8-10,17H,3-7H2,1-2H3. The molecule has 1 atom stereocenters. The Morgan fingerprint density at radius 1 is 1.35 bits per heavy atom. The Labute approximate surface area is 108 Å². The van der Waals surface area contributed by atoms with E-state index < -0.39 is 5.82 Å². The second kappa shape index (κ2) is 6.85.